The van der Waals surface area contributed by atoms with Crippen LogP contribution in [0.3, 0.4) is 0 Å². The molecule has 2 atom stereocenters. The van der Waals surface area contributed by atoms with Crippen LogP contribution in [0.4, 0.5) is 0 Å². The highest BCUT2D eigenvalue weighted by atomic mass is 35.5. The van der Waals surface area contributed by atoms with Gasteiger partial charge < -0.3 is 15.5 Å². The smallest absolute Gasteiger partial charge is 0.120 e. The Kier molecular flexibility index (Phi) is 9.06. The predicted molar refractivity (Wildman–Crippen MR) is 90.9 cm³/mol. The molecule has 21 heavy (non-hydrogen) atoms. The molecule has 0 amide bonds. The minimum Gasteiger partial charge on any atom is -0.508 e. The van der Waals surface area contributed by atoms with Crippen molar-refractivity contribution in [2.45, 2.75) is 26.3 Å². The van der Waals surface area contributed by atoms with E-state index in [-0.39, 0.29) is 42.4 Å². The summed E-state index contributed by atoms with van der Waals surface area (Å²) in [6, 6.07) is 4.99. The van der Waals surface area contributed by atoms with Crippen LogP contribution in [0.25, 0.3) is 0 Å². The molecule has 0 radical (unpaired) electrons. The summed E-state index contributed by atoms with van der Waals surface area (Å²) in [5.74, 6) is 0.934. The first kappa shape index (κ1) is 20.3. The van der Waals surface area contributed by atoms with Gasteiger partial charge in [0.1, 0.15) is 11.5 Å². The number of rotatable bonds is 4. The van der Waals surface area contributed by atoms with E-state index in [1.165, 1.54) is 6.07 Å². The van der Waals surface area contributed by atoms with E-state index in [1.54, 1.807) is 12.1 Å². The maximum atomic E-state index is 10.1. The molecule has 1 aliphatic rings. The van der Waals surface area contributed by atoms with Gasteiger partial charge >= 0.3 is 0 Å². The SMILES string of the molecule is CCC(C)[C@@H](c1cc(O)ccc1O)N1CCNCC1.Cl.Cl. The average molecular weight is 337 g/mol. The van der Waals surface area contributed by atoms with Gasteiger partial charge in [-0.1, -0.05) is 20.3 Å². The fourth-order valence-electron chi connectivity index (χ4n) is 2.83. The quantitative estimate of drug-likeness (QED) is 0.740. The van der Waals surface area contributed by atoms with Gasteiger partial charge in [-0.15, -0.1) is 24.8 Å². The second-order valence-corrected chi connectivity index (χ2v) is 5.36. The topological polar surface area (TPSA) is 55.7 Å². The molecule has 1 heterocycles. The van der Waals surface area contributed by atoms with Gasteiger partial charge in [0.2, 0.25) is 0 Å². The van der Waals surface area contributed by atoms with E-state index in [0.717, 1.165) is 38.2 Å². The van der Waals surface area contributed by atoms with Crippen molar-refractivity contribution in [2.75, 3.05) is 26.2 Å². The van der Waals surface area contributed by atoms with E-state index in [4.69, 9.17) is 0 Å². The van der Waals surface area contributed by atoms with Gasteiger partial charge in [-0.2, -0.15) is 0 Å². The van der Waals surface area contributed by atoms with E-state index in [9.17, 15) is 10.2 Å². The minimum atomic E-state index is 0. The van der Waals surface area contributed by atoms with Crippen molar-refractivity contribution in [1.82, 2.24) is 10.2 Å². The van der Waals surface area contributed by atoms with Crippen LogP contribution in [0.15, 0.2) is 18.2 Å². The maximum absolute atomic E-state index is 10.1. The van der Waals surface area contributed by atoms with Gasteiger partial charge in [-0.3, -0.25) is 4.90 Å². The Morgan fingerprint density at radius 2 is 1.81 bits per heavy atom. The Labute approximate surface area is 139 Å². The van der Waals surface area contributed by atoms with Crippen LogP contribution in [0.2, 0.25) is 0 Å². The molecule has 0 saturated carbocycles. The molecule has 4 nitrogen and oxygen atoms in total. The van der Waals surface area contributed by atoms with Crippen molar-refractivity contribution in [3.8, 4) is 11.5 Å². The van der Waals surface area contributed by atoms with Gasteiger partial charge in [0, 0.05) is 37.8 Å². The lowest BCUT2D eigenvalue weighted by molar-refractivity contribution is 0.126. The Bertz CT molecular complexity index is 426. The first-order chi connectivity index (χ1) is 9.13. The number of phenolic OH excluding ortho intramolecular Hbond substituents is 2. The Hall–Kier alpha value is -0.680. The molecule has 6 heteroatoms. The first-order valence-electron chi connectivity index (χ1n) is 7.10. The predicted octanol–water partition coefficient (Wildman–Crippen LogP) is 2.93. The summed E-state index contributed by atoms with van der Waals surface area (Å²) in [7, 11) is 0. The Morgan fingerprint density at radius 3 is 2.38 bits per heavy atom. The van der Waals surface area contributed by atoms with Crippen molar-refractivity contribution < 1.29 is 10.2 Å². The van der Waals surface area contributed by atoms with Crippen molar-refractivity contribution >= 4 is 24.8 Å². The Balaban J connectivity index is 0.00000200. The number of phenols is 2. The normalized spacial score (nSPS) is 18.2. The van der Waals surface area contributed by atoms with Crippen molar-refractivity contribution in [1.29, 1.82) is 0 Å². The fourth-order valence-corrected chi connectivity index (χ4v) is 2.83. The van der Waals surface area contributed by atoms with Crippen molar-refractivity contribution in [3.05, 3.63) is 23.8 Å². The summed E-state index contributed by atoms with van der Waals surface area (Å²) in [6.45, 7) is 8.28. The monoisotopic (exact) mass is 336 g/mol. The summed E-state index contributed by atoms with van der Waals surface area (Å²) < 4.78 is 0. The van der Waals surface area contributed by atoms with Gasteiger partial charge in [-0.25, -0.2) is 0 Å². The standard InChI is InChI=1S/C15H24N2O2.2ClH/c1-3-11(2)15(17-8-6-16-7-9-17)13-10-12(18)4-5-14(13)19;;/h4-5,10-11,15-16,18-19H,3,6-9H2,1-2H3;2*1H/t11?,15-;;/m0../s1. The molecule has 0 bridgehead atoms. The summed E-state index contributed by atoms with van der Waals surface area (Å²) in [6.07, 6.45) is 1.05. The van der Waals surface area contributed by atoms with Crippen molar-refractivity contribution in [2.24, 2.45) is 5.92 Å². The summed E-state index contributed by atoms with van der Waals surface area (Å²) >= 11 is 0. The molecule has 1 unspecified atom stereocenters. The summed E-state index contributed by atoms with van der Waals surface area (Å²) in [4.78, 5) is 2.40. The zero-order chi connectivity index (χ0) is 13.8. The highest BCUT2D eigenvalue weighted by molar-refractivity contribution is 5.85. The third-order valence-electron chi connectivity index (χ3n) is 4.06. The lowest BCUT2D eigenvalue weighted by Gasteiger charge is -2.38. The molecule has 0 spiro atoms. The molecule has 1 fully saturated rings. The lowest BCUT2D eigenvalue weighted by Crippen LogP contribution is -2.46. The average Bonchev–Trinajstić information content (AvgIpc) is 2.44. The lowest BCUT2D eigenvalue weighted by atomic mass is 9.90. The largest absolute Gasteiger partial charge is 0.508 e. The van der Waals surface area contributed by atoms with Gasteiger partial charge in [0.05, 0.1) is 0 Å². The number of nitrogens with one attached hydrogen (secondary N) is 1. The molecule has 0 aliphatic carbocycles. The molecular formula is C15H26Cl2N2O2. The number of halogens is 2. The third kappa shape index (κ3) is 4.92. The number of aromatic hydroxyl groups is 2. The molecule has 2 rings (SSSR count). The zero-order valence-electron chi connectivity index (χ0n) is 12.6. The zero-order valence-corrected chi connectivity index (χ0v) is 14.2. The van der Waals surface area contributed by atoms with Crippen molar-refractivity contribution in [3.63, 3.8) is 0 Å². The molecule has 1 saturated heterocycles. The minimum absolute atomic E-state index is 0. The van der Waals surface area contributed by atoms with Gasteiger partial charge in [0.25, 0.3) is 0 Å². The second kappa shape index (κ2) is 9.36. The number of hydrogen-bond acceptors (Lipinski definition) is 4. The van der Waals surface area contributed by atoms with E-state index >= 15 is 0 Å². The number of hydrogen-bond donors (Lipinski definition) is 3. The van der Waals surface area contributed by atoms with Crippen LogP contribution in [0.5, 0.6) is 11.5 Å². The van der Waals surface area contributed by atoms with Crippen LogP contribution >= 0.6 is 24.8 Å². The Morgan fingerprint density at radius 1 is 1.19 bits per heavy atom. The van der Waals surface area contributed by atoms with Crippen LogP contribution in [-0.4, -0.2) is 41.3 Å². The molecule has 122 valence electrons. The number of benzene rings is 1. The number of nitrogens with zero attached hydrogens (tertiary/aromatic N) is 1. The molecule has 0 aromatic heterocycles. The summed E-state index contributed by atoms with van der Waals surface area (Å²) in [5.41, 5.74) is 0.844. The van der Waals surface area contributed by atoms with Crippen LogP contribution in [-0.2, 0) is 0 Å². The van der Waals surface area contributed by atoms with Gasteiger partial charge in [0.15, 0.2) is 0 Å². The molecule has 3 N–H and O–H groups in total. The van der Waals surface area contributed by atoms with E-state index in [1.807, 2.05) is 0 Å². The first-order valence-corrected chi connectivity index (χ1v) is 7.10. The fraction of sp³-hybridized carbons (Fsp3) is 0.600. The van der Waals surface area contributed by atoms with Crippen LogP contribution < -0.4 is 5.32 Å². The molecular weight excluding hydrogens is 311 g/mol. The molecule has 1 aromatic rings. The van der Waals surface area contributed by atoms with Crippen LogP contribution in [0.1, 0.15) is 31.9 Å². The highest BCUT2D eigenvalue weighted by Gasteiger charge is 2.28. The van der Waals surface area contributed by atoms with Crippen LogP contribution in [0, 0.1) is 5.92 Å². The van der Waals surface area contributed by atoms with E-state index in [2.05, 4.69) is 24.1 Å². The van der Waals surface area contributed by atoms with E-state index < -0.39 is 0 Å². The third-order valence-corrected chi connectivity index (χ3v) is 4.06. The second-order valence-electron chi connectivity index (χ2n) is 5.36. The van der Waals surface area contributed by atoms with Gasteiger partial charge in [-0.05, 0) is 24.1 Å². The molecule has 1 aliphatic heterocycles. The summed E-state index contributed by atoms with van der Waals surface area (Å²) in [5, 5.41) is 23.2. The highest BCUT2D eigenvalue weighted by Crippen LogP contribution is 2.37. The van der Waals surface area contributed by atoms with E-state index in [0.29, 0.717) is 5.92 Å². The number of piperazine rings is 1. The molecule has 1 aromatic carbocycles. The maximum Gasteiger partial charge on any atom is 0.120 e.